The van der Waals surface area contributed by atoms with Gasteiger partial charge in [0.2, 0.25) is 5.91 Å². The fourth-order valence-corrected chi connectivity index (χ4v) is 3.12. The minimum atomic E-state index is -0.0155. The van der Waals surface area contributed by atoms with Gasteiger partial charge in [0, 0.05) is 18.7 Å². The molecular weight excluding hydrogens is 354 g/mol. The second-order valence-corrected chi connectivity index (χ2v) is 6.47. The van der Waals surface area contributed by atoms with Crippen molar-refractivity contribution in [3.8, 4) is 17.2 Å². The molecule has 0 bridgehead atoms. The summed E-state index contributed by atoms with van der Waals surface area (Å²) in [4.78, 5) is 14.6. The van der Waals surface area contributed by atoms with E-state index in [2.05, 4.69) is 6.92 Å². The van der Waals surface area contributed by atoms with Crippen LogP contribution in [0.2, 0.25) is 0 Å². The molecule has 0 heterocycles. The highest BCUT2D eigenvalue weighted by atomic mass is 16.5. The lowest BCUT2D eigenvalue weighted by Crippen LogP contribution is -2.38. The molecule has 5 nitrogen and oxygen atoms in total. The molecule has 0 aliphatic rings. The molecule has 28 heavy (non-hydrogen) atoms. The van der Waals surface area contributed by atoms with E-state index in [0.29, 0.717) is 18.0 Å². The summed E-state index contributed by atoms with van der Waals surface area (Å²) in [6, 6.07) is 13.6. The number of hydrogen-bond acceptors (Lipinski definition) is 4. The fraction of sp³-hybridized carbons (Fsp3) is 0.348. The third kappa shape index (κ3) is 5.52. The maximum atomic E-state index is 12.7. The number of amides is 1. The molecule has 2 rings (SSSR count). The molecule has 150 valence electrons. The van der Waals surface area contributed by atoms with Crippen LogP contribution in [0.15, 0.2) is 48.5 Å². The standard InChI is InChI=1S/C23H29NO4/c1-6-24(17(2)15-18-7-11-20(26-3)12-8-18)23(25)14-10-19-9-13-21(27-4)22(16-19)28-5/h7-14,16-17H,6,15H2,1-5H3/b14-10+. The molecule has 0 radical (unpaired) electrons. The highest BCUT2D eigenvalue weighted by Gasteiger charge is 2.17. The zero-order chi connectivity index (χ0) is 20.5. The van der Waals surface area contributed by atoms with E-state index in [1.807, 2.05) is 54.3 Å². The van der Waals surface area contributed by atoms with Crippen LogP contribution in [0.4, 0.5) is 0 Å². The van der Waals surface area contributed by atoms with E-state index in [1.165, 1.54) is 5.56 Å². The van der Waals surface area contributed by atoms with Crippen LogP contribution in [0.5, 0.6) is 17.2 Å². The Bertz CT molecular complexity index is 799. The number of benzene rings is 2. The van der Waals surface area contributed by atoms with Gasteiger partial charge in [0.1, 0.15) is 5.75 Å². The van der Waals surface area contributed by atoms with E-state index >= 15 is 0 Å². The van der Waals surface area contributed by atoms with Crippen molar-refractivity contribution in [1.82, 2.24) is 4.90 Å². The molecule has 0 N–H and O–H groups in total. The van der Waals surface area contributed by atoms with Crippen molar-refractivity contribution in [2.75, 3.05) is 27.9 Å². The summed E-state index contributed by atoms with van der Waals surface area (Å²) < 4.78 is 15.7. The summed E-state index contributed by atoms with van der Waals surface area (Å²) in [7, 11) is 4.84. The first-order valence-corrected chi connectivity index (χ1v) is 9.36. The highest BCUT2D eigenvalue weighted by molar-refractivity contribution is 5.92. The maximum Gasteiger partial charge on any atom is 0.246 e. The van der Waals surface area contributed by atoms with E-state index < -0.39 is 0 Å². The van der Waals surface area contributed by atoms with Gasteiger partial charge in [0.25, 0.3) is 0 Å². The molecule has 0 aliphatic carbocycles. The number of methoxy groups -OCH3 is 3. The summed E-state index contributed by atoms with van der Waals surface area (Å²) in [5.74, 6) is 2.11. The Kier molecular flexibility index (Phi) is 7.93. The van der Waals surface area contributed by atoms with Crippen molar-refractivity contribution in [3.63, 3.8) is 0 Å². The normalized spacial score (nSPS) is 11.9. The zero-order valence-corrected chi connectivity index (χ0v) is 17.3. The van der Waals surface area contributed by atoms with Gasteiger partial charge in [-0.1, -0.05) is 18.2 Å². The third-order valence-corrected chi connectivity index (χ3v) is 4.67. The molecule has 0 aliphatic heterocycles. The highest BCUT2D eigenvalue weighted by Crippen LogP contribution is 2.28. The molecular formula is C23H29NO4. The third-order valence-electron chi connectivity index (χ3n) is 4.67. The Labute approximate surface area is 167 Å². The van der Waals surface area contributed by atoms with Crippen molar-refractivity contribution in [2.24, 2.45) is 0 Å². The molecule has 5 heteroatoms. The second kappa shape index (κ2) is 10.4. The Hall–Kier alpha value is -2.95. The molecule has 1 amide bonds. The van der Waals surface area contributed by atoms with Gasteiger partial charge in [-0.05, 0) is 61.7 Å². The lowest BCUT2D eigenvalue weighted by atomic mass is 10.1. The topological polar surface area (TPSA) is 48.0 Å². The minimum Gasteiger partial charge on any atom is -0.497 e. The average molecular weight is 383 g/mol. The second-order valence-electron chi connectivity index (χ2n) is 6.47. The number of nitrogens with zero attached hydrogens (tertiary/aromatic N) is 1. The molecule has 1 atom stereocenters. The van der Waals surface area contributed by atoms with Crippen LogP contribution in [0.3, 0.4) is 0 Å². The van der Waals surface area contributed by atoms with E-state index in [1.54, 1.807) is 33.5 Å². The Balaban J connectivity index is 2.06. The van der Waals surface area contributed by atoms with Crippen molar-refractivity contribution in [1.29, 1.82) is 0 Å². The van der Waals surface area contributed by atoms with Gasteiger partial charge in [-0.2, -0.15) is 0 Å². The molecule has 0 saturated carbocycles. The van der Waals surface area contributed by atoms with Gasteiger partial charge < -0.3 is 19.1 Å². The summed E-state index contributed by atoms with van der Waals surface area (Å²) in [5.41, 5.74) is 2.05. The maximum absolute atomic E-state index is 12.7. The fourth-order valence-electron chi connectivity index (χ4n) is 3.12. The summed E-state index contributed by atoms with van der Waals surface area (Å²) in [6.07, 6.45) is 4.19. The molecule has 1 unspecified atom stereocenters. The molecule has 2 aromatic carbocycles. The number of carbonyl (C=O) groups excluding carboxylic acids is 1. The molecule has 0 spiro atoms. The first-order chi connectivity index (χ1) is 13.5. The van der Waals surface area contributed by atoms with Gasteiger partial charge in [-0.15, -0.1) is 0 Å². The smallest absolute Gasteiger partial charge is 0.246 e. The molecule has 0 fully saturated rings. The quantitative estimate of drug-likeness (QED) is 0.609. The van der Waals surface area contributed by atoms with Crippen molar-refractivity contribution in [3.05, 3.63) is 59.7 Å². The predicted octanol–water partition coefficient (Wildman–Crippen LogP) is 4.21. The number of rotatable bonds is 9. The van der Waals surface area contributed by atoms with Crippen molar-refractivity contribution >= 4 is 12.0 Å². The Morgan fingerprint density at radius 3 is 2.25 bits per heavy atom. The summed E-state index contributed by atoms with van der Waals surface area (Å²) in [6.45, 7) is 4.70. The summed E-state index contributed by atoms with van der Waals surface area (Å²) in [5, 5.41) is 0. The van der Waals surface area contributed by atoms with Crippen LogP contribution in [0.1, 0.15) is 25.0 Å². The van der Waals surface area contributed by atoms with E-state index in [4.69, 9.17) is 14.2 Å². The van der Waals surface area contributed by atoms with E-state index in [0.717, 1.165) is 17.7 Å². The first kappa shape index (κ1) is 21.4. The van der Waals surface area contributed by atoms with Crippen molar-refractivity contribution < 1.29 is 19.0 Å². The lowest BCUT2D eigenvalue weighted by molar-refractivity contribution is -0.127. The van der Waals surface area contributed by atoms with Gasteiger partial charge in [0.15, 0.2) is 11.5 Å². The average Bonchev–Trinajstić information content (AvgIpc) is 2.73. The largest absolute Gasteiger partial charge is 0.497 e. The first-order valence-electron chi connectivity index (χ1n) is 9.36. The Morgan fingerprint density at radius 1 is 1.00 bits per heavy atom. The lowest BCUT2D eigenvalue weighted by Gasteiger charge is -2.27. The SMILES string of the molecule is CCN(C(=O)/C=C/c1ccc(OC)c(OC)c1)C(C)Cc1ccc(OC)cc1. The molecule has 0 saturated heterocycles. The molecule has 2 aromatic rings. The van der Waals surface area contributed by atoms with Crippen LogP contribution in [0.25, 0.3) is 6.08 Å². The van der Waals surface area contributed by atoms with Gasteiger partial charge in [0.05, 0.1) is 21.3 Å². The van der Waals surface area contributed by atoms with Gasteiger partial charge in [-0.25, -0.2) is 0 Å². The summed E-state index contributed by atoms with van der Waals surface area (Å²) >= 11 is 0. The number of hydrogen-bond donors (Lipinski definition) is 0. The van der Waals surface area contributed by atoms with Crippen LogP contribution < -0.4 is 14.2 Å². The van der Waals surface area contributed by atoms with Crippen molar-refractivity contribution in [2.45, 2.75) is 26.3 Å². The predicted molar refractivity (Wildman–Crippen MR) is 112 cm³/mol. The van der Waals surface area contributed by atoms with Crippen LogP contribution >= 0.6 is 0 Å². The number of carbonyl (C=O) groups is 1. The van der Waals surface area contributed by atoms with Crippen LogP contribution in [0, 0.1) is 0 Å². The van der Waals surface area contributed by atoms with E-state index in [-0.39, 0.29) is 11.9 Å². The van der Waals surface area contributed by atoms with Gasteiger partial charge >= 0.3 is 0 Å². The van der Waals surface area contributed by atoms with E-state index in [9.17, 15) is 4.79 Å². The minimum absolute atomic E-state index is 0.0155. The Morgan fingerprint density at radius 2 is 1.68 bits per heavy atom. The zero-order valence-electron chi connectivity index (χ0n) is 17.3. The number of ether oxygens (including phenoxy) is 3. The monoisotopic (exact) mass is 383 g/mol. The van der Waals surface area contributed by atoms with Crippen LogP contribution in [-0.2, 0) is 11.2 Å². The molecule has 0 aromatic heterocycles. The van der Waals surface area contributed by atoms with Gasteiger partial charge in [-0.3, -0.25) is 4.79 Å². The number of likely N-dealkylation sites (N-methyl/N-ethyl adjacent to an activating group) is 1. The van der Waals surface area contributed by atoms with Crippen LogP contribution in [-0.4, -0.2) is 44.7 Å².